The molecule has 3 rings (SSSR count). The van der Waals surface area contributed by atoms with E-state index in [0.29, 0.717) is 28.6 Å². The lowest BCUT2D eigenvalue weighted by Gasteiger charge is -2.04. The molecule has 0 aliphatic heterocycles. The first-order valence-electron chi connectivity index (χ1n) is 8.02. The van der Waals surface area contributed by atoms with Crippen LogP contribution in [-0.2, 0) is 16.1 Å². The van der Waals surface area contributed by atoms with Crippen LogP contribution in [0.3, 0.4) is 0 Å². The van der Waals surface area contributed by atoms with Gasteiger partial charge >= 0.3 is 11.7 Å². The van der Waals surface area contributed by atoms with Crippen molar-refractivity contribution in [1.82, 2.24) is 9.55 Å². The summed E-state index contributed by atoms with van der Waals surface area (Å²) in [6, 6.07) is 12.5. The predicted molar refractivity (Wildman–Crippen MR) is 104 cm³/mol. The van der Waals surface area contributed by atoms with Gasteiger partial charge in [-0.15, -0.1) is 0 Å². The normalized spacial score (nSPS) is 11.3. The van der Waals surface area contributed by atoms with Crippen molar-refractivity contribution in [3.05, 3.63) is 74.6 Å². The van der Waals surface area contributed by atoms with Crippen LogP contribution in [0, 0.1) is 0 Å². The van der Waals surface area contributed by atoms with E-state index in [1.54, 1.807) is 28.8 Å². The molecule has 0 unspecified atom stereocenters. The highest BCUT2D eigenvalue weighted by molar-refractivity contribution is 6.35. The summed E-state index contributed by atoms with van der Waals surface area (Å²) in [4.78, 5) is 26.5. The van der Waals surface area contributed by atoms with Crippen molar-refractivity contribution >= 4 is 46.3 Å². The number of esters is 1. The number of nitrogens with zero attached hydrogens (tertiary/aromatic N) is 1. The van der Waals surface area contributed by atoms with Crippen molar-refractivity contribution in [3.63, 3.8) is 0 Å². The summed E-state index contributed by atoms with van der Waals surface area (Å²) in [6.45, 7) is 0.673. The summed E-state index contributed by atoms with van der Waals surface area (Å²) >= 11 is 11.9. The van der Waals surface area contributed by atoms with Gasteiger partial charge in [-0.2, -0.15) is 0 Å². The SMILES string of the molecule is O=C(/C=C/c1ccc(Cl)cc1Cl)OCCCn1c(=O)[nH]c2ccccc21. The average Bonchev–Trinajstić information content (AvgIpc) is 2.93. The molecule has 134 valence electrons. The molecule has 0 saturated carbocycles. The lowest BCUT2D eigenvalue weighted by molar-refractivity contribution is -0.137. The second-order valence-electron chi connectivity index (χ2n) is 5.62. The van der Waals surface area contributed by atoms with E-state index in [2.05, 4.69) is 4.98 Å². The van der Waals surface area contributed by atoms with Crippen molar-refractivity contribution in [2.45, 2.75) is 13.0 Å². The van der Waals surface area contributed by atoms with Gasteiger partial charge in [0, 0.05) is 22.7 Å². The Labute approximate surface area is 159 Å². The molecule has 1 aromatic heterocycles. The van der Waals surface area contributed by atoms with Gasteiger partial charge in [-0.25, -0.2) is 9.59 Å². The molecule has 0 atom stereocenters. The van der Waals surface area contributed by atoms with Gasteiger partial charge in [0.2, 0.25) is 0 Å². The number of imidazole rings is 1. The molecule has 0 aliphatic carbocycles. The number of para-hydroxylation sites is 2. The maximum absolute atomic E-state index is 11.9. The summed E-state index contributed by atoms with van der Waals surface area (Å²) in [7, 11) is 0. The van der Waals surface area contributed by atoms with E-state index in [0.717, 1.165) is 11.0 Å². The second kappa shape index (κ2) is 8.25. The van der Waals surface area contributed by atoms with Crippen LogP contribution >= 0.6 is 23.2 Å². The van der Waals surface area contributed by atoms with E-state index >= 15 is 0 Å². The molecule has 1 N–H and O–H groups in total. The number of rotatable bonds is 6. The molecule has 1 heterocycles. The van der Waals surface area contributed by atoms with E-state index in [1.165, 1.54) is 6.08 Å². The molecule has 0 amide bonds. The maximum Gasteiger partial charge on any atom is 0.330 e. The van der Waals surface area contributed by atoms with Crippen molar-refractivity contribution in [2.75, 3.05) is 6.61 Å². The van der Waals surface area contributed by atoms with Crippen LogP contribution in [0.1, 0.15) is 12.0 Å². The standard InChI is InChI=1S/C19H16Cl2N2O3/c20-14-8-6-13(15(21)12-14)7-9-18(24)26-11-3-10-23-17-5-2-1-4-16(17)22-19(23)25/h1-2,4-9,12H,3,10-11H2,(H,22,25)/b9-7+. The summed E-state index contributed by atoms with van der Waals surface area (Å²) in [5.74, 6) is -0.470. The summed E-state index contributed by atoms with van der Waals surface area (Å²) in [5, 5.41) is 0.988. The Hall–Kier alpha value is -2.50. The van der Waals surface area contributed by atoms with Gasteiger partial charge in [0.15, 0.2) is 0 Å². The maximum atomic E-state index is 11.9. The molecule has 3 aromatic rings. The van der Waals surface area contributed by atoms with Crippen LogP contribution in [0.4, 0.5) is 0 Å². The Bertz CT molecular complexity index is 1020. The number of hydrogen-bond acceptors (Lipinski definition) is 3. The fourth-order valence-electron chi connectivity index (χ4n) is 2.57. The largest absolute Gasteiger partial charge is 0.462 e. The first kappa shape index (κ1) is 18.3. The van der Waals surface area contributed by atoms with Crippen molar-refractivity contribution in [2.24, 2.45) is 0 Å². The van der Waals surface area contributed by atoms with E-state index in [-0.39, 0.29) is 12.3 Å². The highest BCUT2D eigenvalue weighted by Crippen LogP contribution is 2.22. The third-order valence-corrected chi connectivity index (χ3v) is 4.38. The van der Waals surface area contributed by atoms with Crippen LogP contribution < -0.4 is 5.69 Å². The van der Waals surface area contributed by atoms with Gasteiger partial charge in [-0.05, 0) is 42.3 Å². The Morgan fingerprint density at radius 2 is 2.00 bits per heavy atom. The van der Waals surface area contributed by atoms with Crippen LogP contribution in [-0.4, -0.2) is 22.1 Å². The van der Waals surface area contributed by atoms with Crippen LogP contribution in [0.15, 0.2) is 53.3 Å². The number of fused-ring (bicyclic) bond motifs is 1. The third-order valence-electron chi connectivity index (χ3n) is 3.81. The number of ether oxygens (including phenoxy) is 1. The zero-order chi connectivity index (χ0) is 18.5. The average molecular weight is 391 g/mol. The monoisotopic (exact) mass is 390 g/mol. The highest BCUT2D eigenvalue weighted by Gasteiger charge is 2.06. The zero-order valence-corrected chi connectivity index (χ0v) is 15.3. The van der Waals surface area contributed by atoms with Crippen molar-refractivity contribution in [1.29, 1.82) is 0 Å². The molecule has 0 bridgehead atoms. The van der Waals surface area contributed by atoms with Crippen LogP contribution in [0.5, 0.6) is 0 Å². The number of benzene rings is 2. The molecule has 0 spiro atoms. The summed E-state index contributed by atoms with van der Waals surface area (Å²) in [5.41, 5.74) is 2.13. The Morgan fingerprint density at radius 1 is 1.19 bits per heavy atom. The number of aromatic amines is 1. The third kappa shape index (κ3) is 4.36. The van der Waals surface area contributed by atoms with Gasteiger partial charge in [-0.3, -0.25) is 4.57 Å². The Morgan fingerprint density at radius 3 is 2.81 bits per heavy atom. The predicted octanol–water partition coefficient (Wildman–Crippen LogP) is 4.28. The minimum atomic E-state index is -0.470. The molecule has 2 aromatic carbocycles. The lowest BCUT2D eigenvalue weighted by Crippen LogP contribution is -2.18. The summed E-state index contributed by atoms with van der Waals surface area (Å²) < 4.78 is 6.79. The smallest absolute Gasteiger partial charge is 0.330 e. The molecule has 0 fully saturated rings. The minimum Gasteiger partial charge on any atom is -0.462 e. The number of H-pyrrole nitrogens is 1. The number of hydrogen-bond donors (Lipinski definition) is 1. The van der Waals surface area contributed by atoms with Gasteiger partial charge in [0.1, 0.15) is 0 Å². The van der Waals surface area contributed by atoms with Crippen LogP contribution in [0.25, 0.3) is 17.1 Å². The van der Waals surface area contributed by atoms with E-state index < -0.39 is 5.97 Å². The number of aryl methyl sites for hydroxylation is 1. The fourth-order valence-corrected chi connectivity index (χ4v) is 3.04. The lowest BCUT2D eigenvalue weighted by atomic mass is 10.2. The quantitative estimate of drug-likeness (QED) is 0.388. The number of carbonyl (C=O) groups excluding carboxylic acids is 1. The van der Waals surface area contributed by atoms with Crippen LogP contribution in [0.2, 0.25) is 10.0 Å². The number of aromatic nitrogens is 2. The zero-order valence-electron chi connectivity index (χ0n) is 13.7. The minimum absolute atomic E-state index is 0.171. The first-order chi connectivity index (χ1) is 12.5. The number of nitrogens with one attached hydrogen (secondary N) is 1. The molecule has 7 heteroatoms. The summed E-state index contributed by atoms with van der Waals surface area (Å²) in [6.07, 6.45) is 3.42. The van der Waals surface area contributed by atoms with Gasteiger partial charge in [0.05, 0.1) is 17.6 Å². The highest BCUT2D eigenvalue weighted by atomic mass is 35.5. The van der Waals surface area contributed by atoms with Gasteiger partial charge in [0.25, 0.3) is 0 Å². The Kier molecular flexibility index (Phi) is 5.81. The molecule has 0 aliphatic rings. The number of carbonyl (C=O) groups is 1. The second-order valence-corrected chi connectivity index (χ2v) is 6.46. The number of halogens is 2. The molecule has 5 nitrogen and oxygen atoms in total. The first-order valence-corrected chi connectivity index (χ1v) is 8.77. The van der Waals surface area contributed by atoms with Gasteiger partial charge in [-0.1, -0.05) is 41.4 Å². The molecular formula is C19H16Cl2N2O3. The molecule has 0 saturated heterocycles. The fraction of sp³-hybridized carbons (Fsp3) is 0.158. The van der Waals surface area contributed by atoms with E-state index in [1.807, 2.05) is 24.3 Å². The Balaban J connectivity index is 1.51. The molecule has 0 radical (unpaired) electrons. The topological polar surface area (TPSA) is 64.1 Å². The molecular weight excluding hydrogens is 375 g/mol. The van der Waals surface area contributed by atoms with E-state index in [9.17, 15) is 9.59 Å². The van der Waals surface area contributed by atoms with Crippen molar-refractivity contribution in [3.8, 4) is 0 Å². The van der Waals surface area contributed by atoms with Crippen molar-refractivity contribution < 1.29 is 9.53 Å². The molecule has 26 heavy (non-hydrogen) atoms. The van der Waals surface area contributed by atoms with E-state index in [4.69, 9.17) is 27.9 Å². The van der Waals surface area contributed by atoms with Gasteiger partial charge < -0.3 is 9.72 Å².